The number of Topliss-reactive ketones (excluding diaryl/α,β-unsaturated/α-hetero) is 1. The summed E-state index contributed by atoms with van der Waals surface area (Å²) in [6, 6.07) is 0. The maximum absolute atomic E-state index is 12.3. The van der Waals surface area contributed by atoms with Gasteiger partial charge in [-0.2, -0.15) is 0 Å². The summed E-state index contributed by atoms with van der Waals surface area (Å²) in [6.45, 7) is 5.07. The molecular formula is C13H21F2NO3. The van der Waals surface area contributed by atoms with Crippen molar-refractivity contribution in [1.82, 2.24) is 4.90 Å². The van der Waals surface area contributed by atoms with E-state index < -0.39 is 23.8 Å². The van der Waals surface area contributed by atoms with E-state index in [9.17, 15) is 18.4 Å². The molecule has 0 aromatic rings. The van der Waals surface area contributed by atoms with E-state index in [1.54, 1.807) is 4.90 Å². The van der Waals surface area contributed by atoms with Gasteiger partial charge in [0.2, 0.25) is 5.78 Å². The average Bonchev–Trinajstić information content (AvgIpc) is 2.36. The van der Waals surface area contributed by atoms with Crippen molar-refractivity contribution in [3.63, 3.8) is 0 Å². The normalized spacial score (nSPS) is 11.7. The smallest absolute Gasteiger partial charge is 0.341 e. The molecule has 110 valence electrons. The molecule has 0 heterocycles. The van der Waals surface area contributed by atoms with Gasteiger partial charge in [0, 0.05) is 19.3 Å². The third kappa shape index (κ3) is 6.88. The van der Waals surface area contributed by atoms with Crippen LogP contribution < -0.4 is 0 Å². The van der Waals surface area contributed by atoms with Crippen molar-refractivity contribution in [2.45, 2.75) is 46.0 Å². The van der Waals surface area contributed by atoms with E-state index in [0.717, 1.165) is 31.9 Å². The number of unbranched alkanes of at least 4 members (excludes halogenated alkanes) is 2. The third-order valence-corrected chi connectivity index (χ3v) is 2.60. The van der Waals surface area contributed by atoms with Gasteiger partial charge in [0.1, 0.15) is 5.57 Å². The number of carboxylic acid groups (broad SMARTS) is 1. The number of ketones is 1. The fraction of sp³-hybridized carbons (Fsp3) is 0.692. The minimum absolute atomic E-state index is 0.559. The first-order valence-corrected chi connectivity index (χ1v) is 6.45. The summed E-state index contributed by atoms with van der Waals surface area (Å²) < 4.78 is 24.6. The SMILES string of the molecule is CCCCN(C=C(C(=O)O)C(=O)C(F)F)CCCC. The summed E-state index contributed by atoms with van der Waals surface area (Å²) in [7, 11) is 0. The van der Waals surface area contributed by atoms with Crippen molar-refractivity contribution in [3.8, 4) is 0 Å². The van der Waals surface area contributed by atoms with Crippen LogP contribution >= 0.6 is 0 Å². The molecule has 0 amide bonds. The van der Waals surface area contributed by atoms with E-state index in [2.05, 4.69) is 0 Å². The molecule has 1 N–H and O–H groups in total. The van der Waals surface area contributed by atoms with E-state index in [1.807, 2.05) is 13.8 Å². The van der Waals surface area contributed by atoms with Gasteiger partial charge in [0.05, 0.1) is 0 Å². The summed E-state index contributed by atoms with van der Waals surface area (Å²) in [5.41, 5.74) is -0.845. The maximum atomic E-state index is 12.3. The fourth-order valence-electron chi connectivity index (χ4n) is 1.49. The van der Waals surface area contributed by atoms with Crippen LogP contribution in [0.15, 0.2) is 11.8 Å². The average molecular weight is 277 g/mol. The van der Waals surface area contributed by atoms with Gasteiger partial charge in [0.15, 0.2) is 0 Å². The van der Waals surface area contributed by atoms with Gasteiger partial charge in [-0.3, -0.25) is 4.79 Å². The molecule has 0 aromatic heterocycles. The van der Waals surface area contributed by atoms with Crippen LogP contribution in [0.2, 0.25) is 0 Å². The van der Waals surface area contributed by atoms with Gasteiger partial charge < -0.3 is 10.0 Å². The van der Waals surface area contributed by atoms with E-state index >= 15 is 0 Å². The summed E-state index contributed by atoms with van der Waals surface area (Å²) in [5, 5.41) is 8.84. The molecule has 0 rings (SSSR count). The first-order chi connectivity index (χ1) is 8.93. The second-order valence-electron chi connectivity index (χ2n) is 4.26. The van der Waals surface area contributed by atoms with Gasteiger partial charge in [-0.15, -0.1) is 0 Å². The van der Waals surface area contributed by atoms with Crippen LogP contribution in [0.4, 0.5) is 8.78 Å². The first-order valence-electron chi connectivity index (χ1n) is 6.45. The molecule has 0 aliphatic carbocycles. The predicted molar refractivity (Wildman–Crippen MR) is 68.1 cm³/mol. The second-order valence-corrected chi connectivity index (χ2v) is 4.26. The number of aliphatic carboxylic acids is 1. The number of alkyl halides is 2. The molecule has 0 saturated carbocycles. The molecule has 0 unspecified atom stereocenters. The number of halogens is 2. The number of nitrogens with zero attached hydrogens (tertiary/aromatic N) is 1. The third-order valence-electron chi connectivity index (χ3n) is 2.60. The fourth-order valence-corrected chi connectivity index (χ4v) is 1.49. The first kappa shape index (κ1) is 17.5. The molecular weight excluding hydrogens is 256 g/mol. The minimum atomic E-state index is -3.29. The van der Waals surface area contributed by atoms with E-state index in [0.29, 0.717) is 13.1 Å². The molecule has 0 bridgehead atoms. The summed E-state index contributed by atoms with van der Waals surface area (Å²) in [6.07, 6.45) is 1.21. The Labute approximate surface area is 112 Å². The van der Waals surface area contributed by atoms with Crippen LogP contribution in [0.25, 0.3) is 0 Å². The minimum Gasteiger partial charge on any atom is -0.478 e. The van der Waals surface area contributed by atoms with Crippen molar-refractivity contribution < 1.29 is 23.5 Å². The van der Waals surface area contributed by atoms with Crippen molar-refractivity contribution in [3.05, 3.63) is 11.8 Å². The van der Waals surface area contributed by atoms with Gasteiger partial charge in [0.25, 0.3) is 0 Å². The van der Waals surface area contributed by atoms with Crippen molar-refractivity contribution in [2.24, 2.45) is 0 Å². The maximum Gasteiger partial charge on any atom is 0.341 e. The Balaban J connectivity index is 4.97. The highest BCUT2D eigenvalue weighted by Gasteiger charge is 2.26. The number of rotatable bonds is 10. The Hall–Kier alpha value is -1.46. The lowest BCUT2D eigenvalue weighted by molar-refractivity contribution is -0.137. The van der Waals surface area contributed by atoms with Crippen LogP contribution in [0.1, 0.15) is 39.5 Å². The summed E-state index contributed by atoms with van der Waals surface area (Å²) in [5.74, 6) is -3.24. The molecule has 0 aliphatic heterocycles. The van der Waals surface area contributed by atoms with Crippen LogP contribution in [0.3, 0.4) is 0 Å². The van der Waals surface area contributed by atoms with E-state index in [-0.39, 0.29) is 0 Å². The molecule has 0 aromatic carbocycles. The standard InChI is InChI=1S/C13H21F2NO3/c1-3-5-7-16(8-6-4-2)9-10(13(18)19)11(17)12(14)15/h9,12H,3-8H2,1-2H3,(H,18,19). The van der Waals surface area contributed by atoms with Crippen molar-refractivity contribution >= 4 is 11.8 Å². The lowest BCUT2D eigenvalue weighted by Crippen LogP contribution is -2.26. The highest BCUT2D eigenvalue weighted by molar-refractivity contribution is 6.17. The molecule has 0 spiro atoms. The van der Waals surface area contributed by atoms with Gasteiger partial charge >= 0.3 is 12.4 Å². The number of carbonyl (C=O) groups is 2. The Morgan fingerprint density at radius 3 is 1.95 bits per heavy atom. The van der Waals surface area contributed by atoms with E-state index in [1.165, 1.54) is 0 Å². The second kappa shape index (κ2) is 9.47. The van der Waals surface area contributed by atoms with Crippen molar-refractivity contribution in [1.29, 1.82) is 0 Å². The Morgan fingerprint density at radius 2 is 1.63 bits per heavy atom. The monoisotopic (exact) mass is 277 g/mol. The van der Waals surface area contributed by atoms with Crippen molar-refractivity contribution in [2.75, 3.05) is 13.1 Å². The summed E-state index contributed by atoms with van der Waals surface area (Å²) in [4.78, 5) is 23.7. The van der Waals surface area contributed by atoms with E-state index in [4.69, 9.17) is 5.11 Å². The lowest BCUT2D eigenvalue weighted by atomic mass is 10.1. The summed E-state index contributed by atoms with van der Waals surface area (Å²) >= 11 is 0. The Bertz CT molecular complexity index is 322. The molecule has 19 heavy (non-hydrogen) atoms. The molecule has 0 atom stereocenters. The van der Waals surface area contributed by atoms with Gasteiger partial charge in [-0.25, -0.2) is 13.6 Å². The van der Waals surface area contributed by atoms with Gasteiger partial charge in [-0.1, -0.05) is 26.7 Å². The topological polar surface area (TPSA) is 57.6 Å². The van der Waals surface area contributed by atoms with Crippen LogP contribution in [-0.4, -0.2) is 41.3 Å². The Kier molecular flexibility index (Phi) is 8.74. The lowest BCUT2D eigenvalue weighted by Gasteiger charge is -2.20. The van der Waals surface area contributed by atoms with Gasteiger partial charge in [-0.05, 0) is 12.8 Å². The number of carbonyl (C=O) groups excluding carboxylic acids is 1. The molecule has 4 nitrogen and oxygen atoms in total. The molecule has 6 heteroatoms. The zero-order valence-corrected chi connectivity index (χ0v) is 11.4. The molecule has 0 radical (unpaired) electrons. The number of carboxylic acids is 1. The highest BCUT2D eigenvalue weighted by atomic mass is 19.3. The number of hydrogen-bond donors (Lipinski definition) is 1. The zero-order chi connectivity index (χ0) is 14.8. The molecule has 0 saturated heterocycles. The zero-order valence-electron chi connectivity index (χ0n) is 11.4. The molecule has 0 aliphatic rings. The number of hydrogen-bond acceptors (Lipinski definition) is 3. The molecule has 0 fully saturated rings. The quantitative estimate of drug-likeness (QED) is 0.379. The highest BCUT2D eigenvalue weighted by Crippen LogP contribution is 2.09. The largest absolute Gasteiger partial charge is 0.478 e. The Morgan fingerprint density at radius 1 is 1.16 bits per heavy atom. The van der Waals surface area contributed by atoms with Crippen LogP contribution in [0, 0.1) is 0 Å². The van der Waals surface area contributed by atoms with Crippen LogP contribution in [-0.2, 0) is 9.59 Å². The van der Waals surface area contributed by atoms with Crippen LogP contribution in [0.5, 0.6) is 0 Å². The predicted octanol–water partition coefficient (Wildman–Crippen LogP) is 2.69.